The van der Waals surface area contributed by atoms with E-state index in [1.807, 2.05) is 31.2 Å². The average molecular weight is 464 g/mol. The summed E-state index contributed by atoms with van der Waals surface area (Å²) in [5, 5.41) is 14.3. The maximum Gasteiger partial charge on any atom is 0.224 e. The van der Waals surface area contributed by atoms with Crippen molar-refractivity contribution in [2.75, 3.05) is 31.6 Å². The van der Waals surface area contributed by atoms with Crippen LogP contribution in [-0.4, -0.2) is 49.0 Å². The van der Waals surface area contributed by atoms with Gasteiger partial charge < -0.3 is 20.3 Å². The third-order valence-electron chi connectivity index (χ3n) is 6.37. The standard InChI is InChI=1S/C26H33N5O3/c1-19-24(30-34-29-19)18-28-22-12-15-31(16-13-22)23-9-7-20(8-10-23)17-26(32)27-14-11-21-5-3-4-6-25(21)33-2/h3-10,22,28H,11-18H2,1-2H3,(H,27,32). The summed E-state index contributed by atoms with van der Waals surface area (Å²) in [6, 6.07) is 16.7. The highest BCUT2D eigenvalue weighted by Gasteiger charge is 2.20. The maximum atomic E-state index is 12.4. The van der Waals surface area contributed by atoms with Crippen molar-refractivity contribution >= 4 is 11.6 Å². The number of hydrogen-bond acceptors (Lipinski definition) is 7. The normalized spacial score (nSPS) is 14.2. The Bertz CT molecular complexity index is 1060. The van der Waals surface area contributed by atoms with Gasteiger partial charge in [-0.2, -0.15) is 0 Å². The third-order valence-corrected chi connectivity index (χ3v) is 6.37. The van der Waals surface area contributed by atoms with Crippen LogP contribution in [0.2, 0.25) is 0 Å². The van der Waals surface area contributed by atoms with Crippen molar-refractivity contribution in [3.63, 3.8) is 0 Å². The van der Waals surface area contributed by atoms with Crippen LogP contribution in [0.1, 0.15) is 35.4 Å². The zero-order valence-corrected chi connectivity index (χ0v) is 19.9. The molecule has 180 valence electrons. The number of carbonyl (C=O) groups is 1. The van der Waals surface area contributed by atoms with E-state index in [1.165, 1.54) is 5.69 Å². The molecule has 2 aromatic carbocycles. The molecule has 0 unspecified atom stereocenters. The number of aromatic nitrogens is 2. The van der Waals surface area contributed by atoms with Gasteiger partial charge in [-0.1, -0.05) is 40.6 Å². The Labute approximate surface area is 200 Å². The van der Waals surface area contributed by atoms with Crippen molar-refractivity contribution in [2.24, 2.45) is 0 Å². The predicted octanol–water partition coefficient (Wildman–Crippen LogP) is 3.05. The minimum Gasteiger partial charge on any atom is -0.496 e. The van der Waals surface area contributed by atoms with Gasteiger partial charge in [0.15, 0.2) is 0 Å². The van der Waals surface area contributed by atoms with Crippen LogP contribution in [0.3, 0.4) is 0 Å². The monoisotopic (exact) mass is 463 g/mol. The Hall–Kier alpha value is -3.39. The van der Waals surface area contributed by atoms with E-state index in [4.69, 9.17) is 9.37 Å². The van der Waals surface area contributed by atoms with Gasteiger partial charge in [0.25, 0.3) is 0 Å². The summed E-state index contributed by atoms with van der Waals surface area (Å²) >= 11 is 0. The number of rotatable bonds is 10. The van der Waals surface area contributed by atoms with Crippen LogP contribution in [0.5, 0.6) is 5.75 Å². The molecule has 0 radical (unpaired) electrons. The van der Waals surface area contributed by atoms with E-state index in [-0.39, 0.29) is 5.91 Å². The fourth-order valence-electron chi connectivity index (χ4n) is 4.31. The number of hydrogen-bond donors (Lipinski definition) is 2. The molecule has 0 atom stereocenters. The van der Waals surface area contributed by atoms with E-state index >= 15 is 0 Å². The van der Waals surface area contributed by atoms with Crippen molar-refractivity contribution in [1.29, 1.82) is 0 Å². The molecular formula is C26H33N5O3. The van der Waals surface area contributed by atoms with Crippen molar-refractivity contribution in [1.82, 2.24) is 20.9 Å². The van der Waals surface area contributed by atoms with E-state index in [0.717, 1.165) is 60.6 Å². The molecule has 8 heteroatoms. The van der Waals surface area contributed by atoms with Crippen LogP contribution in [0.15, 0.2) is 53.2 Å². The molecule has 8 nitrogen and oxygen atoms in total. The molecule has 2 heterocycles. The summed E-state index contributed by atoms with van der Waals surface area (Å²) < 4.78 is 10.1. The Morgan fingerprint density at radius 3 is 2.59 bits per heavy atom. The molecule has 1 saturated heterocycles. The molecule has 4 rings (SSSR count). The Morgan fingerprint density at radius 1 is 1.12 bits per heavy atom. The number of para-hydroxylation sites is 1. The molecule has 2 N–H and O–H groups in total. The van der Waals surface area contributed by atoms with Gasteiger partial charge in [0.1, 0.15) is 17.1 Å². The first-order valence-corrected chi connectivity index (χ1v) is 11.9. The first kappa shape index (κ1) is 23.8. The highest BCUT2D eigenvalue weighted by molar-refractivity contribution is 5.78. The number of piperidine rings is 1. The lowest BCUT2D eigenvalue weighted by Crippen LogP contribution is -2.42. The molecule has 0 bridgehead atoms. The molecule has 0 aliphatic carbocycles. The molecule has 1 amide bonds. The van der Waals surface area contributed by atoms with Gasteiger partial charge in [0, 0.05) is 37.9 Å². The SMILES string of the molecule is COc1ccccc1CCNC(=O)Cc1ccc(N2CCC(NCc3nonc3C)CC2)cc1. The number of nitrogens with one attached hydrogen (secondary N) is 2. The van der Waals surface area contributed by atoms with Gasteiger partial charge >= 0.3 is 0 Å². The molecule has 1 aromatic heterocycles. The van der Waals surface area contributed by atoms with Crippen molar-refractivity contribution in [2.45, 2.75) is 45.2 Å². The minimum atomic E-state index is 0.0343. The fraction of sp³-hybridized carbons (Fsp3) is 0.423. The number of ether oxygens (including phenoxy) is 1. The zero-order chi connectivity index (χ0) is 23.8. The molecule has 0 saturated carbocycles. The lowest BCUT2D eigenvalue weighted by atomic mass is 10.0. The molecule has 1 fully saturated rings. The zero-order valence-electron chi connectivity index (χ0n) is 19.9. The first-order valence-electron chi connectivity index (χ1n) is 11.9. The molecule has 0 spiro atoms. The number of benzene rings is 2. The molecule has 34 heavy (non-hydrogen) atoms. The number of methoxy groups -OCH3 is 1. The molecular weight excluding hydrogens is 430 g/mol. The van der Waals surface area contributed by atoms with Gasteiger partial charge in [-0.15, -0.1) is 0 Å². The Kier molecular flexibility index (Phi) is 8.14. The van der Waals surface area contributed by atoms with Gasteiger partial charge in [0.05, 0.1) is 13.5 Å². The Morgan fingerprint density at radius 2 is 1.88 bits per heavy atom. The fourth-order valence-corrected chi connectivity index (χ4v) is 4.31. The minimum absolute atomic E-state index is 0.0343. The predicted molar refractivity (Wildman–Crippen MR) is 131 cm³/mol. The summed E-state index contributed by atoms with van der Waals surface area (Å²) in [7, 11) is 1.67. The van der Waals surface area contributed by atoms with E-state index < -0.39 is 0 Å². The van der Waals surface area contributed by atoms with Gasteiger partial charge in [-0.05, 0) is 55.5 Å². The number of aryl methyl sites for hydroxylation is 1. The lowest BCUT2D eigenvalue weighted by molar-refractivity contribution is -0.120. The van der Waals surface area contributed by atoms with Crippen molar-refractivity contribution < 1.29 is 14.2 Å². The summed E-state index contributed by atoms with van der Waals surface area (Å²) in [6.45, 7) is 5.18. The number of anilines is 1. The first-order chi connectivity index (χ1) is 16.6. The summed E-state index contributed by atoms with van der Waals surface area (Å²) in [5.41, 5.74) is 5.04. The largest absolute Gasteiger partial charge is 0.496 e. The van der Waals surface area contributed by atoms with Crippen LogP contribution in [0.25, 0.3) is 0 Å². The number of carbonyl (C=O) groups excluding carboxylic acids is 1. The smallest absolute Gasteiger partial charge is 0.224 e. The molecule has 1 aliphatic rings. The van der Waals surface area contributed by atoms with Crippen LogP contribution in [0, 0.1) is 6.92 Å². The van der Waals surface area contributed by atoms with Crippen LogP contribution >= 0.6 is 0 Å². The molecule has 1 aliphatic heterocycles. The molecule has 3 aromatic rings. The van der Waals surface area contributed by atoms with Gasteiger partial charge in [-0.3, -0.25) is 4.79 Å². The van der Waals surface area contributed by atoms with Crippen molar-refractivity contribution in [3.8, 4) is 5.75 Å². The summed E-state index contributed by atoms with van der Waals surface area (Å²) in [6.07, 6.45) is 3.27. The van der Waals surface area contributed by atoms with Crippen molar-refractivity contribution in [3.05, 3.63) is 71.0 Å². The van der Waals surface area contributed by atoms with E-state index in [2.05, 4.69) is 50.1 Å². The van der Waals surface area contributed by atoms with E-state index in [0.29, 0.717) is 25.6 Å². The van der Waals surface area contributed by atoms with E-state index in [9.17, 15) is 4.79 Å². The number of nitrogens with zero attached hydrogens (tertiary/aromatic N) is 3. The van der Waals surface area contributed by atoms with Crippen LogP contribution in [0.4, 0.5) is 5.69 Å². The van der Waals surface area contributed by atoms with Gasteiger partial charge in [0.2, 0.25) is 5.91 Å². The maximum absolute atomic E-state index is 12.4. The lowest BCUT2D eigenvalue weighted by Gasteiger charge is -2.34. The van der Waals surface area contributed by atoms with Gasteiger partial charge in [-0.25, -0.2) is 4.63 Å². The summed E-state index contributed by atoms with van der Waals surface area (Å²) in [5.74, 6) is 0.890. The van der Waals surface area contributed by atoms with Crippen LogP contribution < -0.4 is 20.3 Å². The topological polar surface area (TPSA) is 92.5 Å². The highest BCUT2D eigenvalue weighted by atomic mass is 16.6. The second-order valence-corrected chi connectivity index (χ2v) is 8.69. The quantitative estimate of drug-likeness (QED) is 0.477. The summed E-state index contributed by atoms with van der Waals surface area (Å²) in [4.78, 5) is 14.8. The second kappa shape index (κ2) is 11.7. The highest BCUT2D eigenvalue weighted by Crippen LogP contribution is 2.21. The number of amides is 1. The van der Waals surface area contributed by atoms with E-state index in [1.54, 1.807) is 7.11 Å². The average Bonchev–Trinajstić information content (AvgIpc) is 3.28. The third kappa shape index (κ3) is 6.35. The second-order valence-electron chi connectivity index (χ2n) is 8.69. The Balaban J connectivity index is 1.18. The van der Waals surface area contributed by atoms with Crippen LogP contribution in [-0.2, 0) is 24.2 Å².